The molecule has 2 N–H and O–H groups in total. The number of carbonyl (C=O) groups is 1. The number of aliphatic carboxylic acids is 1. The van der Waals surface area contributed by atoms with E-state index in [1.54, 1.807) is 0 Å². The van der Waals surface area contributed by atoms with Gasteiger partial charge in [-0.05, 0) is 36.6 Å². The van der Waals surface area contributed by atoms with Gasteiger partial charge in [-0.25, -0.2) is 0 Å². The number of hydrogen-bond donors (Lipinski definition) is 2. The standard InChI is InChI=1S/C12H14ClNO2/c13-10-3-1-2-8(6-10)12-9(4-5-14-12)7-11(15)16/h1-3,6,9,12,14H,4-5,7H2,(H,15,16). The van der Waals surface area contributed by atoms with Crippen LogP contribution < -0.4 is 5.32 Å². The van der Waals surface area contributed by atoms with Crippen LogP contribution in [-0.4, -0.2) is 17.6 Å². The van der Waals surface area contributed by atoms with Gasteiger partial charge in [-0.2, -0.15) is 0 Å². The number of hydrogen-bond acceptors (Lipinski definition) is 2. The summed E-state index contributed by atoms with van der Waals surface area (Å²) in [5.41, 5.74) is 1.08. The van der Waals surface area contributed by atoms with E-state index < -0.39 is 5.97 Å². The molecular formula is C12H14ClNO2. The number of halogens is 1. The van der Waals surface area contributed by atoms with Gasteiger partial charge < -0.3 is 10.4 Å². The van der Waals surface area contributed by atoms with Crippen LogP contribution in [0.5, 0.6) is 0 Å². The Labute approximate surface area is 99.4 Å². The van der Waals surface area contributed by atoms with E-state index in [4.69, 9.17) is 16.7 Å². The van der Waals surface area contributed by atoms with Crippen LogP contribution >= 0.6 is 11.6 Å². The lowest BCUT2D eigenvalue weighted by Crippen LogP contribution is -2.19. The van der Waals surface area contributed by atoms with E-state index in [0.29, 0.717) is 5.02 Å². The normalized spacial score (nSPS) is 24.6. The van der Waals surface area contributed by atoms with Crippen LogP contribution in [0.15, 0.2) is 24.3 Å². The Morgan fingerprint density at radius 2 is 2.38 bits per heavy atom. The highest BCUT2D eigenvalue weighted by atomic mass is 35.5. The molecule has 1 aliphatic heterocycles. The molecule has 1 heterocycles. The van der Waals surface area contributed by atoms with Crippen LogP contribution in [0.2, 0.25) is 5.02 Å². The van der Waals surface area contributed by atoms with Crippen molar-refractivity contribution in [2.24, 2.45) is 5.92 Å². The number of benzene rings is 1. The number of nitrogens with one attached hydrogen (secondary N) is 1. The third-order valence-electron chi connectivity index (χ3n) is 3.00. The molecule has 1 aromatic carbocycles. The van der Waals surface area contributed by atoms with Gasteiger partial charge in [0.15, 0.2) is 0 Å². The van der Waals surface area contributed by atoms with Gasteiger partial charge in [0.2, 0.25) is 0 Å². The Morgan fingerprint density at radius 1 is 1.56 bits per heavy atom. The molecule has 3 nitrogen and oxygen atoms in total. The van der Waals surface area contributed by atoms with Gasteiger partial charge in [-0.3, -0.25) is 4.79 Å². The fraction of sp³-hybridized carbons (Fsp3) is 0.417. The molecule has 4 heteroatoms. The smallest absolute Gasteiger partial charge is 0.303 e. The van der Waals surface area contributed by atoms with Crippen molar-refractivity contribution in [3.8, 4) is 0 Å². The third-order valence-corrected chi connectivity index (χ3v) is 3.23. The van der Waals surface area contributed by atoms with Crippen molar-refractivity contribution in [3.63, 3.8) is 0 Å². The highest BCUT2D eigenvalue weighted by molar-refractivity contribution is 6.30. The first-order valence-electron chi connectivity index (χ1n) is 5.37. The average molecular weight is 240 g/mol. The molecule has 0 spiro atoms. The second-order valence-corrected chi connectivity index (χ2v) is 4.57. The quantitative estimate of drug-likeness (QED) is 0.852. The zero-order valence-electron chi connectivity index (χ0n) is 8.82. The van der Waals surface area contributed by atoms with Crippen molar-refractivity contribution in [2.75, 3.05) is 6.54 Å². The summed E-state index contributed by atoms with van der Waals surface area (Å²) >= 11 is 5.93. The Hall–Kier alpha value is -1.06. The Bertz CT molecular complexity index is 394. The summed E-state index contributed by atoms with van der Waals surface area (Å²) in [5.74, 6) is -0.573. The highest BCUT2D eigenvalue weighted by Gasteiger charge is 2.29. The predicted octanol–water partition coefficient (Wildman–Crippen LogP) is 2.47. The zero-order chi connectivity index (χ0) is 11.5. The van der Waals surface area contributed by atoms with Crippen LogP contribution in [0.25, 0.3) is 0 Å². The molecule has 2 atom stereocenters. The van der Waals surface area contributed by atoms with Crippen molar-refractivity contribution in [3.05, 3.63) is 34.9 Å². The number of rotatable bonds is 3. The van der Waals surface area contributed by atoms with Crippen LogP contribution in [0.1, 0.15) is 24.4 Å². The monoisotopic (exact) mass is 239 g/mol. The summed E-state index contributed by atoms with van der Waals surface area (Å²) in [7, 11) is 0. The van der Waals surface area contributed by atoms with E-state index in [-0.39, 0.29) is 18.4 Å². The summed E-state index contributed by atoms with van der Waals surface area (Å²) in [5, 5.41) is 12.9. The fourth-order valence-electron chi connectivity index (χ4n) is 2.29. The largest absolute Gasteiger partial charge is 0.481 e. The van der Waals surface area contributed by atoms with Crippen LogP contribution in [-0.2, 0) is 4.79 Å². The fourth-order valence-corrected chi connectivity index (χ4v) is 2.49. The first-order valence-corrected chi connectivity index (χ1v) is 5.75. The van der Waals surface area contributed by atoms with E-state index in [1.165, 1.54) is 0 Å². The summed E-state index contributed by atoms with van der Waals surface area (Å²) in [4.78, 5) is 10.7. The third kappa shape index (κ3) is 2.54. The van der Waals surface area contributed by atoms with E-state index in [9.17, 15) is 4.79 Å². The second kappa shape index (κ2) is 4.85. The molecule has 1 saturated heterocycles. The molecule has 86 valence electrons. The summed E-state index contributed by atoms with van der Waals surface area (Å²) < 4.78 is 0. The average Bonchev–Trinajstić information content (AvgIpc) is 2.65. The minimum atomic E-state index is -0.735. The Kier molecular flexibility index (Phi) is 3.46. The van der Waals surface area contributed by atoms with Crippen LogP contribution in [0.3, 0.4) is 0 Å². The molecule has 0 amide bonds. The zero-order valence-corrected chi connectivity index (χ0v) is 9.57. The summed E-state index contributed by atoms with van der Waals surface area (Å²) in [6, 6.07) is 7.74. The Balaban J connectivity index is 2.16. The molecule has 0 saturated carbocycles. The molecule has 2 rings (SSSR count). The number of carboxylic acid groups (broad SMARTS) is 1. The minimum Gasteiger partial charge on any atom is -0.481 e. The second-order valence-electron chi connectivity index (χ2n) is 4.13. The maximum Gasteiger partial charge on any atom is 0.303 e. The van der Waals surface area contributed by atoms with E-state index in [1.807, 2.05) is 24.3 Å². The first kappa shape index (κ1) is 11.4. The lowest BCUT2D eigenvalue weighted by atomic mass is 9.91. The lowest BCUT2D eigenvalue weighted by Gasteiger charge is -2.18. The molecule has 1 fully saturated rings. The van der Waals surface area contributed by atoms with Gasteiger partial charge in [-0.1, -0.05) is 23.7 Å². The molecular weight excluding hydrogens is 226 g/mol. The van der Waals surface area contributed by atoms with Crippen LogP contribution in [0.4, 0.5) is 0 Å². The molecule has 1 aromatic rings. The van der Waals surface area contributed by atoms with Crippen molar-refractivity contribution in [1.29, 1.82) is 0 Å². The van der Waals surface area contributed by atoms with Crippen LogP contribution in [0, 0.1) is 5.92 Å². The molecule has 16 heavy (non-hydrogen) atoms. The number of carboxylic acids is 1. The minimum absolute atomic E-state index is 0.120. The van der Waals surface area contributed by atoms with Gasteiger partial charge in [-0.15, -0.1) is 0 Å². The predicted molar refractivity (Wildman–Crippen MR) is 62.6 cm³/mol. The molecule has 0 aliphatic carbocycles. The molecule has 2 unspecified atom stereocenters. The summed E-state index contributed by atoms with van der Waals surface area (Å²) in [6.07, 6.45) is 1.12. The maximum absolute atomic E-state index is 10.7. The van der Waals surface area contributed by atoms with E-state index in [2.05, 4.69) is 5.32 Å². The lowest BCUT2D eigenvalue weighted by molar-refractivity contribution is -0.138. The van der Waals surface area contributed by atoms with Gasteiger partial charge >= 0.3 is 5.97 Å². The van der Waals surface area contributed by atoms with Gasteiger partial charge in [0.05, 0.1) is 6.42 Å². The Morgan fingerprint density at radius 3 is 3.06 bits per heavy atom. The maximum atomic E-state index is 10.7. The topological polar surface area (TPSA) is 49.3 Å². The SMILES string of the molecule is O=C(O)CC1CCNC1c1cccc(Cl)c1. The van der Waals surface area contributed by atoms with Gasteiger partial charge in [0.25, 0.3) is 0 Å². The van der Waals surface area contributed by atoms with Crippen molar-refractivity contribution < 1.29 is 9.90 Å². The van der Waals surface area contributed by atoms with Crippen molar-refractivity contribution in [2.45, 2.75) is 18.9 Å². The highest BCUT2D eigenvalue weighted by Crippen LogP contribution is 2.32. The van der Waals surface area contributed by atoms with Crippen molar-refractivity contribution in [1.82, 2.24) is 5.32 Å². The molecule has 0 bridgehead atoms. The molecule has 1 aliphatic rings. The van der Waals surface area contributed by atoms with Gasteiger partial charge in [0.1, 0.15) is 0 Å². The van der Waals surface area contributed by atoms with E-state index >= 15 is 0 Å². The molecule has 0 radical (unpaired) electrons. The van der Waals surface area contributed by atoms with Crippen molar-refractivity contribution >= 4 is 17.6 Å². The molecule has 0 aromatic heterocycles. The van der Waals surface area contributed by atoms with Gasteiger partial charge in [0, 0.05) is 11.1 Å². The van der Waals surface area contributed by atoms with E-state index in [0.717, 1.165) is 18.5 Å². The first-order chi connectivity index (χ1) is 7.66. The summed E-state index contributed by atoms with van der Waals surface area (Å²) in [6.45, 7) is 0.870.